The van der Waals surface area contributed by atoms with Crippen LogP contribution in [0, 0.1) is 19.8 Å². The SMILES string of the molecule is CCOC(=O)C1CCN(C(=O)C(C)Sc2nc(N)c3c(C)c(C)sc3n2)CC1. The number of esters is 1. The molecule has 2 N–H and O–H groups in total. The normalized spacial score (nSPS) is 16.4. The summed E-state index contributed by atoms with van der Waals surface area (Å²) >= 11 is 2.92. The van der Waals surface area contributed by atoms with E-state index in [2.05, 4.69) is 9.97 Å². The Morgan fingerprint density at radius 2 is 2.00 bits per heavy atom. The van der Waals surface area contributed by atoms with Gasteiger partial charge in [-0.3, -0.25) is 9.59 Å². The maximum absolute atomic E-state index is 12.8. The smallest absolute Gasteiger partial charge is 0.309 e. The number of fused-ring (bicyclic) bond motifs is 1. The van der Waals surface area contributed by atoms with Gasteiger partial charge in [-0.15, -0.1) is 11.3 Å². The number of aromatic nitrogens is 2. The van der Waals surface area contributed by atoms with Crippen molar-refractivity contribution in [2.24, 2.45) is 5.92 Å². The fourth-order valence-corrected chi connectivity index (χ4v) is 5.33. The molecule has 28 heavy (non-hydrogen) atoms. The molecular formula is C19H26N4O3S2. The van der Waals surface area contributed by atoms with E-state index < -0.39 is 0 Å². The summed E-state index contributed by atoms with van der Waals surface area (Å²) in [6.07, 6.45) is 1.29. The molecule has 3 heterocycles. The van der Waals surface area contributed by atoms with E-state index in [0.29, 0.717) is 43.5 Å². The number of anilines is 1. The average molecular weight is 423 g/mol. The summed E-state index contributed by atoms with van der Waals surface area (Å²) in [5, 5.41) is 1.11. The molecule has 0 saturated carbocycles. The summed E-state index contributed by atoms with van der Waals surface area (Å²) in [6.45, 7) is 9.26. The second kappa shape index (κ2) is 8.65. The van der Waals surface area contributed by atoms with E-state index in [4.69, 9.17) is 10.5 Å². The summed E-state index contributed by atoms with van der Waals surface area (Å²) < 4.78 is 5.09. The van der Waals surface area contributed by atoms with E-state index in [0.717, 1.165) is 15.8 Å². The van der Waals surface area contributed by atoms with Gasteiger partial charge in [0.2, 0.25) is 5.91 Å². The van der Waals surface area contributed by atoms with Gasteiger partial charge in [-0.25, -0.2) is 9.97 Å². The first-order valence-corrected chi connectivity index (χ1v) is 11.2. The third-order valence-electron chi connectivity index (χ3n) is 5.09. The molecule has 1 atom stereocenters. The lowest BCUT2D eigenvalue weighted by Crippen LogP contribution is -2.43. The van der Waals surface area contributed by atoms with Gasteiger partial charge in [-0.1, -0.05) is 11.8 Å². The topological polar surface area (TPSA) is 98.4 Å². The Morgan fingerprint density at radius 1 is 1.32 bits per heavy atom. The summed E-state index contributed by atoms with van der Waals surface area (Å²) in [4.78, 5) is 37.5. The van der Waals surface area contributed by atoms with Crippen LogP contribution in [0.3, 0.4) is 0 Å². The van der Waals surface area contributed by atoms with Crippen LogP contribution in [0.2, 0.25) is 0 Å². The van der Waals surface area contributed by atoms with Gasteiger partial charge in [0.1, 0.15) is 10.6 Å². The van der Waals surface area contributed by atoms with E-state index in [-0.39, 0.29) is 23.0 Å². The lowest BCUT2D eigenvalue weighted by atomic mass is 9.97. The third-order valence-corrected chi connectivity index (χ3v) is 7.14. The molecule has 2 aromatic rings. The second-order valence-electron chi connectivity index (χ2n) is 6.97. The molecule has 1 unspecified atom stereocenters. The summed E-state index contributed by atoms with van der Waals surface area (Å²) in [5.41, 5.74) is 7.25. The maximum Gasteiger partial charge on any atom is 0.309 e. The number of amides is 1. The van der Waals surface area contributed by atoms with E-state index in [1.807, 2.05) is 25.7 Å². The number of thioether (sulfide) groups is 1. The molecule has 0 bridgehead atoms. The second-order valence-corrected chi connectivity index (χ2v) is 9.48. The molecule has 0 aromatic carbocycles. The van der Waals surface area contributed by atoms with Crippen LogP contribution in [0.4, 0.5) is 5.82 Å². The monoisotopic (exact) mass is 422 g/mol. The number of nitrogens with two attached hydrogens (primary N) is 1. The quantitative estimate of drug-likeness (QED) is 0.449. The zero-order chi connectivity index (χ0) is 20.4. The molecule has 2 aromatic heterocycles. The van der Waals surface area contributed by atoms with Gasteiger partial charge in [-0.2, -0.15) is 0 Å². The van der Waals surface area contributed by atoms with Gasteiger partial charge in [-0.05, 0) is 46.1 Å². The molecule has 0 aliphatic carbocycles. The van der Waals surface area contributed by atoms with Crippen molar-refractivity contribution < 1.29 is 14.3 Å². The minimum absolute atomic E-state index is 0.0353. The van der Waals surface area contributed by atoms with Crippen molar-refractivity contribution in [1.29, 1.82) is 0 Å². The molecule has 1 aliphatic rings. The van der Waals surface area contributed by atoms with Crippen molar-refractivity contribution in [1.82, 2.24) is 14.9 Å². The Labute approximate surface area is 173 Å². The maximum atomic E-state index is 12.8. The highest BCUT2D eigenvalue weighted by atomic mass is 32.2. The highest BCUT2D eigenvalue weighted by Crippen LogP contribution is 2.34. The predicted octanol–water partition coefficient (Wildman–Crippen LogP) is 3.17. The van der Waals surface area contributed by atoms with E-state index >= 15 is 0 Å². The van der Waals surface area contributed by atoms with Crippen LogP contribution in [0.25, 0.3) is 10.2 Å². The number of aryl methyl sites for hydroxylation is 2. The molecule has 152 valence electrons. The number of rotatable bonds is 5. The standard InChI is InChI=1S/C19H26N4O3S2/c1-5-26-18(25)13-6-8-23(9-7-13)17(24)12(4)28-19-21-15(20)14-10(2)11(3)27-16(14)22-19/h12-13H,5-9H2,1-4H3,(H2,20,21,22). The largest absolute Gasteiger partial charge is 0.466 e. The number of likely N-dealkylation sites (tertiary alicyclic amines) is 1. The Balaban J connectivity index is 1.63. The average Bonchev–Trinajstić information content (AvgIpc) is 2.95. The summed E-state index contributed by atoms with van der Waals surface area (Å²) in [5.74, 6) is 0.232. The van der Waals surface area contributed by atoms with E-state index in [1.165, 1.54) is 16.6 Å². The molecule has 3 rings (SSSR count). The number of thiophene rings is 1. The third kappa shape index (κ3) is 4.25. The number of hydrogen-bond donors (Lipinski definition) is 1. The first-order valence-electron chi connectivity index (χ1n) is 9.47. The molecular weight excluding hydrogens is 396 g/mol. The highest BCUT2D eigenvalue weighted by molar-refractivity contribution is 8.00. The number of hydrogen-bond acceptors (Lipinski definition) is 8. The highest BCUT2D eigenvalue weighted by Gasteiger charge is 2.30. The van der Waals surface area contributed by atoms with Crippen molar-refractivity contribution >= 4 is 51.0 Å². The number of carbonyl (C=O) groups excluding carboxylic acids is 2. The Bertz CT molecular complexity index is 891. The van der Waals surface area contributed by atoms with Gasteiger partial charge < -0.3 is 15.4 Å². The van der Waals surface area contributed by atoms with E-state index in [9.17, 15) is 9.59 Å². The molecule has 1 saturated heterocycles. The van der Waals surface area contributed by atoms with Crippen molar-refractivity contribution in [3.63, 3.8) is 0 Å². The predicted molar refractivity (Wildman–Crippen MR) is 113 cm³/mol. The first-order chi connectivity index (χ1) is 13.3. The Morgan fingerprint density at radius 3 is 2.64 bits per heavy atom. The minimum atomic E-state index is -0.321. The van der Waals surface area contributed by atoms with Crippen LogP contribution in [-0.4, -0.2) is 51.7 Å². The fraction of sp³-hybridized carbons (Fsp3) is 0.579. The lowest BCUT2D eigenvalue weighted by molar-refractivity contribution is -0.151. The number of ether oxygens (including phenoxy) is 1. The van der Waals surface area contributed by atoms with Crippen LogP contribution in [0.15, 0.2) is 5.16 Å². The number of piperidine rings is 1. The number of nitrogens with zero attached hydrogens (tertiary/aromatic N) is 3. The van der Waals surface area contributed by atoms with Crippen molar-refractivity contribution in [3.8, 4) is 0 Å². The van der Waals surface area contributed by atoms with Crippen LogP contribution < -0.4 is 5.73 Å². The van der Waals surface area contributed by atoms with Crippen molar-refractivity contribution in [2.75, 3.05) is 25.4 Å². The molecule has 0 radical (unpaired) electrons. The van der Waals surface area contributed by atoms with Gasteiger partial charge in [0.25, 0.3) is 0 Å². The van der Waals surface area contributed by atoms with Gasteiger partial charge in [0, 0.05) is 18.0 Å². The van der Waals surface area contributed by atoms with Crippen LogP contribution in [0.1, 0.15) is 37.1 Å². The van der Waals surface area contributed by atoms with E-state index in [1.54, 1.807) is 18.3 Å². The van der Waals surface area contributed by atoms with Crippen molar-refractivity contribution in [3.05, 3.63) is 10.4 Å². The lowest BCUT2D eigenvalue weighted by Gasteiger charge is -2.32. The molecule has 1 fully saturated rings. The first kappa shape index (κ1) is 20.9. The molecule has 1 aliphatic heterocycles. The van der Waals surface area contributed by atoms with Gasteiger partial charge in [0.15, 0.2) is 5.16 Å². The fourth-order valence-electron chi connectivity index (χ4n) is 3.37. The molecule has 7 nitrogen and oxygen atoms in total. The van der Waals surface area contributed by atoms with Gasteiger partial charge >= 0.3 is 5.97 Å². The molecule has 9 heteroatoms. The zero-order valence-corrected chi connectivity index (χ0v) is 18.3. The van der Waals surface area contributed by atoms with Crippen molar-refractivity contribution in [2.45, 2.75) is 50.9 Å². The number of nitrogen functional groups attached to an aromatic ring is 1. The minimum Gasteiger partial charge on any atom is -0.466 e. The zero-order valence-electron chi connectivity index (χ0n) is 16.7. The van der Waals surface area contributed by atoms with Crippen LogP contribution in [-0.2, 0) is 14.3 Å². The van der Waals surface area contributed by atoms with Crippen LogP contribution >= 0.6 is 23.1 Å². The number of carbonyl (C=O) groups is 2. The Kier molecular flexibility index (Phi) is 6.44. The summed E-state index contributed by atoms with van der Waals surface area (Å²) in [7, 11) is 0. The summed E-state index contributed by atoms with van der Waals surface area (Å²) in [6, 6.07) is 0. The Hall–Kier alpha value is -1.87. The molecule has 0 spiro atoms. The van der Waals surface area contributed by atoms with Gasteiger partial charge in [0.05, 0.1) is 23.2 Å². The molecule has 1 amide bonds. The van der Waals surface area contributed by atoms with Crippen LogP contribution in [0.5, 0.6) is 0 Å².